The lowest BCUT2D eigenvalue weighted by Crippen LogP contribution is -2.42. The predicted molar refractivity (Wildman–Crippen MR) is 43.1 cm³/mol. The zero-order valence-corrected chi connectivity index (χ0v) is 6.99. The van der Waals surface area contributed by atoms with Crippen LogP contribution in [0.3, 0.4) is 0 Å². The molecule has 0 spiro atoms. The molecule has 13 heavy (non-hydrogen) atoms. The first kappa shape index (κ1) is 9.94. The summed E-state index contributed by atoms with van der Waals surface area (Å²) in [5.74, 6) is -1.45. The molecule has 4 N–H and O–H groups in total. The zero-order chi connectivity index (χ0) is 9.84. The van der Waals surface area contributed by atoms with Crippen LogP contribution in [0, 0.1) is 0 Å². The van der Waals surface area contributed by atoms with Crippen LogP contribution in [0.25, 0.3) is 0 Å². The third-order valence-electron chi connectivity index (χ3n) is 1.84. The summed E-state index contributed by atoms with van der Waals surface area (Å²) in [4.78, 5) is 21.2. The number of rotatable bonds is 3. The smallest absolute Gasteiger partial charge is 0.322 e. The predicted octanol–water partition coefficient (Wildman–Crippen LogP) is -2.09. The van der Waals surface area contributed by atoms with E-state index in [0.29, 0.717) is 13.0 Å². The Morgan fingerprint density at radius 2 is 2.23 bits per heavy atom. The van der Waals surface area contributed by atoms with Gasteiger partial charge in [0, 0.05) is 6.54 Å². The monoisotopic (exact) mass is 188 g/mol. The van der Waals surface area contributed by atoms with Crippen LogP contribution in [0.4, 0.5) is 0 Å². The van der Waals surface area contributed by atoms with Gasteiger partial charge in [-0.25, -0.2) is 0 Å². The van der Waals surface area contributed by atoms with Gasteiger partial charge in [0.1, 0.15) is 6.54 Å². The Labute approximate surface area is 74.9 Å². The molecule has 1 aliphatic heterocycles. The molecule has 0 aromatic heterocycles. The van der Waals surface area contributed by atoms with Gasteiger partial charge in [0.25, 0.3) is 0 Å². The van der Waals surface area contributed by atoms with E-state index in [2.05, 4.69) is 10.6 Å². The van der Waals surface area contributed by atoms with Crippen molar-refractivity contribution in [2.45, 2.75) is 18.6 Å². The number of aliphatic hydroxyl groups is 1. The summed E-state index contributed by atoms with van der Waals surface area (Å²) >= 11 is 0. The van der Waals surface area contributed by atoms with E-state index in [-0.39, 0.29) is 12.5 Å². The minimum absolute atomic E-state index is 0.339. The van der Waals surface area contributed by atoms with Crippen LogP contribution < -0.4 is 10.6 Å². The highest BCUT2D eigenvalue weighted by Gasteiger charge is 2.27. The van der Waals surface area contributed by atoms with Crippen LogP contribution in [0.5, 0.6) is 0 Å². The molecule has 74 valence electrons. The van der Waals surface area contributed by atoms with Crippen LogP contribution in [-0.4, -0.2) is 47.3 Å². The highest BCUT2D eigenvalue weighted by molar-refractivity contribution is 5.85. The second-order valence-corrected chi connectivity index (χ2v) is 2.96. The van der Waals surface area contributed by atoms with Gasteiger partial charge in [0.15, 0.2) is 0 Å². The molecule has 0 radical (unpaired) electrons. The molecule has 0 saturated carbocycles. The van der Waals surface area contributed by atoms with Gasteiger partial charge >= 0.3 is 5.97 Å². The van der Waals surface area contributed by atoms with Crippen molar-refractivity contribution >= 4 is 11.9 Å². The standard InChI is InChI=1S/C7H12N2O4/c10-4-1-5(8-2-4)7(13)9-3-6(11)12/h4-5,8,10H,1-3H2,(H,9,13)(H,11,12). The lowest BCUT2D eigenvalue weighted by atomic mass is 10.2. The van der Waals surface area contributed by atoms with E-state index >= 15 is 0 Å². The quantitative estimate of drug-likeness (QED) is 0.407. The van der Waals surface area contributed by atoms with Gasteiger partial charge in [-0.05, 0) is 6.42 Å². The van der Waals surface area contributed by atoms with E-state index in [9.17, 15) is 9.59 Å². The van der Waals surface area contributed by atoms with Crippen molar-refractivity contribution in [3.8, 4) is 0 Å². The molecule has 1 rings (SSSR count). The van der Waals surface area contributed by atoms with Crippen LogP contribution in [0.1, 0.15) is 6.42 Å². The number of carbonyl (C=O) groups excluding carboxylic acids is 1. The summed E-state index contributed by atoms with van der Waals surface area (Å²) in [6, 6.07) is -0.464. The van der Waals surface area contributed by atoms with Crippen molar-refractivity contribution in [2.24, 2.45) is 0 Å². The topological polar surface area (TPSA) is 98.7 Å². The summed E-state index contributed by atoms with van der Waals surface area (Å²) in [6.07, 6.45) is -0.175. The van der Waals surface area contributed by atoms with E-state index in [0.717, 1.165) is 0 Å². The molecule has 2 atom stereocenters. The number of β-amino-alcohol motifs (C(OH)–C–C–N with tert-alkyl or cyclic N) is 1. The summed E-state index contributed by atoms with van der Waals surface area (Å²) in [6.45, 7) is -0.00172. The summed E-state index contributed by atoms with van der Waals surface area (Å²) in [5.41, 5.74) is 0. The Bertz CT molecular complexity index is 219. The third kappa shape index (κ3) is 3.00. The second kappa shape index (κ2) is 4.20. The molecular weight excluding hydrogens is 176 g/mol. The Balaban J connectivity index is 2.27. The number of carboxylic acid groups (broad SMARTS) is 1. The fraction of sp³-hybridized carbons (Fsp3) is 0.714. The fourth-order valence-electron chi connectivity index (χ4n) is 1.20. The molecule has 1 fully saturated rings. The van der Waals surface area contributed by atoms with E-state index in [1.54, 1.807) is 0 Å². The highest BCUT2D eigenvalue weighted by atomic mass is 16.4. The SMILES string of the molecule is O=C(O)CNC(=O)C1CC(O)CN1. The van der Waals surface area contributed by atoms with Gasteiger partial charge in [0.2, 0.25) is 5.91 Å². The molecule has 6 nitrogen and oxygen atoms in total. The maximum Gasteiger partial charge on any atom is 0.322 e. The lowest BCUT2D eigenvalue weighted by molar-refractivity contribution is -0.138. The van der Waals surface area contributed by atoms with Crippen LogP contribution in [0.2, 0.25) is 0 Å². The first-order valence-corrected chi connectivity index (χ1v) is 4.00. The molecule has 6 heteroatoms. The normalized spacial score (nSPS) is 27.2. The minimum atomic E-state index is -1.08. The maximum absolute atomic E-state index is 11.1. The molecule has 1 amide bonds. The number of aliphatic hydroxyl groups excluding tert-OH is 1. The van der Waals surface area contributed by atoms with Crippen molar-refractivity contribution < 1.29 is 19.8 Å². The molecule has 0 aliphatic carbocycles. The number of carboxylic acids is 1. The summed E-state index contributed by atoms with van der Waals surface area (Å²) < 4.78 is 0. The van der Waals surface area contributed by atoms with Crippen molar-refractivity contribution in [3.63, 3.8) is 0 Å². The largest absolute Gasteiger partial charge is 0.480 e. The number of aliphatic carboxylic acids is 1. The maximum atomic E-state index is 11.1. The van der Waals surface area contributed by atoms with Gasteiger partial charge in [-0.15, -0.1) is 0 Å². The molecule has 2 unspecified atom stereocenters. The molecule has 0 bridgehead atoms. The summed E-state index contributed by atoms with van der Waals surface area (Å²) in [7, 11) is 0. The molecule has 0 aromatic rings. The van der Waals surface area contributed by atoms with Crippen LogP contribution >= 0.6 is 0 Å². The van der Waals surface area contributed by atoms with Crippen LogP contribution in [0.15, 0.2) is 0 Å². The van der Waals surface area contributed by atoms with E-state index in [1.165, 1.54) is 0 Å². The average molecular weight is 188 g/mol. The van der Waals surface area contributed by atoms with Crippen molar-refractivity contribution in [1.29, 1.82) is 0 Å². The fourth-order valence-corrected chi connectivity index (χ4v) is 1.20. The Hall–Kier alpha value is -1.14. The number of hydrogen-bond acceptors (Lipinski definition) is 4. The molecule has 0 aromatic carbocycles. The van der Waals surface area contributed by atoms with Gasteiger partial charge in [0.05, 0.1) is 12.1 Å². The van der Waals surface area contributed by atoms with Gasteiger partial charge in [-0.1, -0.05) is 0 Å². The van der Waals surface area contributed by atoms with E-state index in [4.69, 9.17) is 10.2 Å². The molecule has 1 heterocycles. The van der Waals surface area contributed by atoms with Gasteiger partial charge < -0.3 is 20.8 Å². The van der Waals surface area contributed by atoms with Crippen molar-refractivity contribution in [2.75, 3.05) is 13.1 Å². The Morgan fingerprint density at radius 1 is 1.54 bits per heavy atom. The zero-order valence-electron chi connectivity index (χ0n) is 6.99. The van der Waals surface area contributed by atoms with Gasteiger partial charge in [-0.2, -0.15) is 0 Å². The van der Waals surface area contributed by atoms with E-state index in [1.807, 2.05) is 0 Å². The highest BCUT2D eigenvalue weighted by Crippen LogP contribution is 2.05. The second-order valence-electron chi connectivity index (χ2n) is 2.96. The average Bonchev–Trinajstić information content (AvgIpc) is 2.47. The van der Waals surface area contributed by atoms with Crippen LogP contribution in [-0.2, 0) is 9.59 Å². The molecular formula is C7H12N2O4. The van der Waals surface area contributed by atoms with Crippen molar-refractivity contribution in [1.82, 2.24) is 10.6 Å². The number of carbonyl (C=O) groups is 2. The number of nitrogens with one attached hydrogen (secondary N) is 2. The number of hydrogen-bond donors (Lipinski definition) is 4. The number of amides is 1. The molecule has 1 saturated heterocycles. The molecule has 1 aliphatic rings. The minimum Gasteiger partial charge on any atom is -0.480 e. The lowest BCUT2D eigenvalue weighted by Gasteiger charge is -2.08. The first-order chi connectivity index (χ1) is 6.09. The van der Waals surface area contributed by atoms with Gasteiger partial charge in [-0.3, -0.25) is 9.59 Å². The summed E-state index contributed by atoms with van der Waals surface area (Å²) in [5, 5.41) is 22.3. The van der Waals surface area contributed by atoms with E-state index < -0.39 is 18.1 Å². The van der Waals surface area contributed by atoms with Crippen molar-refractivity contribution in [3.05, 3.63) is 0 Å². The first-order valence-electron chi connectivity index (χ1n) is 4.00. The Morgan fingerprint density at radius 3 is 2.69 bits per heavy atom. The third-order valence-corrected chi connectivity index (χ3v) is 1.84. The Kier molecular flexibility index (Phi) is 3.21.